The van der Waals surface area contributed by atoms with E-state index in [2.05, 4.69) is 40.7 Å². The zero-order chi connectivity index (χ0) is 19.6. The molecule has 2 N–H and O–H groups in total. The van der Waals surface area contributed by atoms with E-state index in [0.717, 1.165) is 62.6 Å². The van der Waals surface area contributed by atoms with Crippen LogP contribution < -0.4 is 15.4 Å². The largest absolute Gasteiger partial charge is 0.493 e. The first-order chi connectivity index (χ1) is 13.8. The van der Waals surface area contributed by atoms with Gasteiger partial charge in [0.05, 0.1) is 19.8 Å². The minimum absolute atomic E-state index is 0. The standard InChI is InChI=1S/C22H36N4O2.HI/c1-3-23-22(25-16-20-8-6-12-26(20)13-14-27-2)24-15-19-7-4-5-9-21(19)28-17-18-10-11-18;/h4-5,7,9,18,20H,3,6,8,10-17H2,1-2H3,(H2,23,24,25);1H. The van der Waals surface area contributed by atoms with Crippen LogP contribution >= 0.6 is 24.0 Å². The molecule has 0 radical (unpaired) electrons. The average Bonchev–Trinajstić information content (AvgIpc) is 3.44. The number of guanidine groups is 1. The molecule has 7 heteroatoms. The van der Waals surface area contributed by atoms with Crippen molar-refractivity contribution in [3.8, 4) is 5.75 Å². The molecule has 3 rings (SSSR count). The van der Waals surface area contributed by atoms with Crippen LogP contribution in [0.1, 0.15) is 38.2 Å². The van der Waals surface area contributed by atoms with Crippen LogP contribution in [0.2, 0.25) is 0 Å². The highest BCUT2D eigenvalue weighted by Gasteiger charge is 2.24. The quantitative estimate of drug-likeness (QED) is 0.269. The number of nitrogens with zero attached hydrogens (tertiary/aromatic N) is 2. The summed E-state index contributed by atoms with van der Waals surface area (Å²) in [6, 6.07) is 8.81. The molecule has 1 atom stereocenters. The van der Waals surface area contributed by atoms with Gasteiger partial charge in [-0.3, -0.25) is 4.90 Å². The Morgan fingerprint density at radius 1 is 1.21 bits per heavy atom. The van der Waals surface area contributed by atoms with Gasteiger partial charge in [0.15, 0.2) is 5.96 Å². The second-order valence-electron chi connectivity index (χ2n) is 7.76. The molecule has 164 valence electrons. The normalized spacial score (nSPS) is 19.7. The van der Waals surface area contributed by atoms with Crippen LogP contribution in [0.25, 0.3) is 0 Å². The third-order valence-corrected chi connectivity index (χ3v) is 5.48. The third kappa shape index (κ3) is 8.30. The van der Waals surface area contributed by atoms with E-state index in [4.69, 9.17) is 14.5 Å². The van der Waals surface area contributed by atoms with Crippen LogP contribution in [0.15, 0.2) is 29.3 Å². The molecule has 29 heavy (non-hydrogen) atoms. The number of methoxy groups -OCH3 is 1. The van der Waals surface area contributed by atoms with Gasteiger partial charge in [0.2, 0.25) is 0 Å². The first-order valence-electron chi connectivity index (χ1n) is 10.8. The van der Waals surface area contributed by atoms with Gasteiger partial charge in [0, 0.05) is 38.3 Å². The Morgan fingerprint density at radius 3 is 2.79 bits per heavy atom. The summed E-state index contributed by atoms with van der Waals surface area (Å²) in [6.45, 7) is 8.27. The van der Waals surface area contributed by atoms with Gasteiger partial charge >= 0.3 is 0 Å². The van der Waals surface area contributed by atoms with Crippen molar-refractivity contribution in [2.75, 3.05) is 46.5 Å². The third-order valence-electron chi connectivity index (χ3n) is 5.48. The van der Waals surface area contributed by atoms with Crippen molar-refractivity contribution in [2.45, 2.75) is 45.2 Å². The van der Waals surface area contributed by atoms with Crippen LogP contribution in [-0.2, 0) is 11.3 Å². The van der Waals surface area contributed by atoms with Gasteiger partial charge in [-0.25, -0.2) is 4.99 Å². The number of likely N-dealkylation sites (tertiary alicyclic amines) is 1. The maximum atomic E-state index is 6.02. The van der Waals surface area contributed by atoms with Crippen molar-refractivity contribution >= 4 is 29.9 Å². The van der Waals surface area contributed by atoms with E-state index >= 15 is 0 Å². The summed E-state index contributed by atoms with van der Waals surface area (Å²) in [7, 11) is 1.77. The summed E-state index contributed by atoms with van der Waals surface area (Å²) in [4.78, 5) is 7.32. The molecule has 0 amide bonds. The van der Waals surface area contributed by atoms with Gasteiger partial charge in [-0.05, 0) is 51.1 Å². The molecule has 1 aromatic carbocycles. The molecule has 1 aliphatic carbocycles. The lowest BCUT2D eigenvalue weighted by atomic mass is 10.2. The van der Waals surface area contributed by atoms with Gasteiger partial charge in [-0.1, -0.05) is 18.2 Å². The maximum absolute atomic E-state index is 6.02. The van der Waals surface area contributed by atoms with Gasteiger partial charge in [0.1, 0.15) is 5.75 Å². The lowest BCUT2D eigenvalue weighted by Gasteiger charge is -2.25. The van der Waals surface area contributed by atoms with Crippen LogP contribution in [0.4, 0.5) is 0 Å². The Kier molecular flexibility index (Phi) is 11.1. The summed E-state index contributed by atoms with van der Waals surface area (Å²) in [5.41, 5.74) is 1.14. The molecule has 1 aliphatic heterocycles. The molecular weight excluding hydrogens is 479 g/mol. The van der Waals surface area contributed by atoms with E-state index < -0.39 is 0 Å². The predicted molar refractivity (Wildman–Crippen MR) is 129 cm³/mol. The Morgan fingerprint density at radius 2 is 2.03 bits per heavy atom. The molecule has 6 nitrogen and oxygen atoms in total. The van der Waals surface area contributed by atoms with Crippen molar-refractivity contribution < 1.29 is 9.47 Å². The highest BCUT2D eigenvalue weighted by Crippen LogP contribution is 2.30. The summed E-state index contributed by atoms with van der Waals surface area (Å²) >= 11 is 0. The fourth-order valence-electron chi connectivity index (χ4n) is 3.62. The number of halogens is 1. The summed E-state index contributed by atoms with van der Waals surface area (Å²) in [6.07, 6.45) is 5.10. The van der Waals surface area contributed by atoms with Crippen molar-refractivity contribution in [1.29, 1.82) is 0 Å². The number of benzene rings is 1. The highest BCUT2D eigenvalue weighted by molar-refractivity contribution is 14.0. The number of aliphatic imine (C=N–C) groups is 1. The molecule has 0 aromatic heterocycles. The Hall–Kier alpha value is -1.06. The number of hydrogen-bond donors (Lipinski definition) is 2. The molecule has 2 aliphatic rings. The Labute approximate surface area is 192 Å². The van der Waals surface area contributed by atoms with Gasteiger partial charge in [-0.15, -0.1) is 24.0 Å². The SMILES string of the molecule is CCNC(=NCc1ccccc1OCC1CC1)NCC1CCCN1CCOC.I. The Bertz CT molecular complexity index is 625. The first kappa shape index (κ1) is 24.2. The van der Waals surface area contributed by atoms with E-state index in [-0.39, 0.29) is 24.0 Å². The summed E-state index contributed by atoms with van der Waals surface area (Å²) < 4.78 is 11.3. The number of rotatable bonds is 11. The molecule has 1 saturated carbocycles. The molecule has 1 saturated heterocycles. The topological polar surface area (TPSA) is 58.1 Å². The van der Waals surface area contributed by atoms with Gasteiger partial charge < -0.3 is 20.1 Å². The van der Waals surface area contributed by atoms with E-state index in [0.29, 0.717) is 12.6 Å². The molecule has 1 unspecified atom stereocenters. The fourth-order valence-corrected chi connectivity index (χ4v) is 3.62. The minimum Gasteiger partial charge on any atom is -0.493 e. The minimum atomic E-state index is 0. The van der Waals surface area contributed by atoms with E-state index in [9.17, 15) is 0 Å². The molecule has 0 spiro atoms. The molecule has 2 fully saturated rings. The maximum Gasteiger partial charge on any atom is 0.191 e. The van der Waals surface area contributed by atoms with Crippen LogP contribution in [-0.4, -0.2) is 63.4 Å². The summed E-state index contributed by atoms with van der Waals surface area (Å²) in [5, 5.41) is 6.90. The van der Waals surface area contributed by atoms with Crippen molar-refractivity contribution in [3.05, 3.63) is 29.8 Å². The first-order valence-corrected chi connectivity index (χ1v) is 10.8. The smallest absolute Gasteiger partial charge is 0.191 e. The van der Waals surface area contributed by atoms with E-state index in [1.54, 1.807) is 7.11 Å². The molecule has 1 heterocycles. The molecule has 1 aromatic rings. The molecular formula is C22H37IN4O2. The monoisotopic (exact) mass is 516 g/mol. The zero-order valence-electron chi connectivity index (χ0n) is 17.9. The number of ether oxygens (including phenoxy) is 2. The van der Waals surface area contributed by atoms with E-state index in [1.165, 1.54) is 25.7 Å². The van der Waals surface area contributed by atoms with E-state index in [1.807, 2.05) is 6.07 Å². The lowest BCUT2D eigenvalue weighted by Crippen LogP contribution is -2.45. The van der Waals surface area contributed by atoms with Crippen molar-refractivity contribution in [3.63, 3.8) is 0 Å². The number of hydrogen-bond acceptors (Lipinski definition) is 4. The lowest BCUT2D eigenvalue weighted by molar-refractivity contribution is 0.141. The summed E-state index contributed by atoms with van der Waals surface area (Å²) in [5.74, 6) is 2.59. The number of nitrogens with one attached hydrogen (secondary N) is 2. The zero-order valence-corrected chi connectivity index (χ0v) is 20.2. The second-order valence-corrected chi connectivity index (χ2v) is 7.76. The van der Waals surface area contributed by atoms with Crippen LogP contribution in [0, 0.1) is 5.92 Å². The highest BCUT2D eigenvalue weighted by atomic mass is 127. The number of para-hydroxylation sites is 1. The van der Waals surface area contributed by atoms with Crippen LogP contribution in [0.5, 0.6) is 5.75 Å². The van der Waals surface area contributed by atoms with Crippen molar-refractivity contribution in [2.24, 2.45) is 10.9 Å². The fraction of sp³-hybridized carbons (Fsp3) is 0.682. The Balaban J connectivity index is 0.00000300. The van der Waals surface area contributed by atoms with Crippen molar-refractivity contribution in [1.82, 2.24) is 15.5 Å². The van der Waals surface area contributed by atoms with Gasteiger partial charge in [-0.2, -0.15) is 0 Å². The van der Waals surface area contributed by atoms with Gasteiger partial charge in [0.25, 0.3) is 0 Å². The second kappa shape index (κ2) is 13.3. The molecule has 0 bridgehead atoms. The predicted octanol–water partition coefficient (Wildman–Crippen LogP) is 3.26. The van der Waals surface area contributed by atoms with Crippen LogP contribution in [0.3, 0.4) is 0 Å². The average molecular weight is 516 g/mol.